The average molecular weight is 905 g/mol. The van der Waals surface area contributed by atoms with E-state index in [9.17, 15) is 24.0 Å². The number of carbonyl (C=O) groups excluding carboxylic acids is 5. The van der Waals surface area contributed by atoms with Gasteiger partial charge in [-0.15, -0.1) is 11.3 Å². The second-order valence-electron chi connectivity index (χ2n) is 19.2. The lowest BCUT2D eigenvalue weighted by Crippen LogP contribution is -2.62. The van der Waals surface area contributed by atoms with Crippen molar-refractivity contribution in [2.75, 3.05) is 39.9 Å². The zero-order valence-electron chi connectivity index (χ0n) is 38.7. The molecule has 4 amide bonds. The summed E-state index contributed by atoms with van der Waals surface area (Å²) < 4.78 is 14.1. The smallest absolute Gasteiger partial charge is 0.324 e. The first-order valence-corrected chi connectivity index (χ1v) is 23.5. The highest BCUT2D eigenvalue weighted by Gasteiger charge is 2.54. The van der Waals surface area contributed by atoms with Gasteiger partial charge in [0.15, 0.2) is 0 Å². The van der Waals surface area contributed by atoms with Gasteiger partial charge >= 0.3 is 5.97 Å². The topological polar surface area (TPSA) is 168 Å². The van der Waals surface area contributed by atoms with Gasteiger partial charge in [-0.1, -0.05) is 39.7 Å². The Morgan fingerprint density at radius 2 is 1.88 bits per heavy atom. The number of ether oxygens (including phenoxy) is 2. The van der Waals surface area contributed by atoms with Crippen LogP contribution in [-0.4, -0.2) is 117 Å². The number of rotatable bonds is 7. The Morgan fingerprint density at radius 1 is 1.09 bits per heavy atom. The van der Waals surface area contributed by atoms with Gasteiger partial charge in [-0.25, -0.2) is 10.4 Å². The number of cyclic esters (lactones) is 1. The lowest BCUT2D eigenvalue weighted by molar-refractivity contribution is -0.155. The number of carbonyl (C=O) groups is 5. The Bertz CT molecular complexity index is 2590. The molecule has 3 saturated heterocycles. The molecule has 1 spiro atoms. The first-order chi connectivity index (χ1) is 31.0. The maximum Gasteiger partial charge on any atom is 0.324 e. The molecule has 4 aliphatic rings. The number of methoxy groups -OCH3 is 1. The summed E-state index contributed by atoms with van der Waals surface area (Å²) in [5.74, 6) is 3.16. The van der Waals surface area contributed by atoms with Crippen LogP contribution in [0.15, 0.2) is 41.9 Å². The molecule has 3 fully saturated rings. The van der Waals surface area contributed by atoms with E-state index >= 15 is 0 Å². The third-order valence-electron chi connectivity index (χ3n) is 13.6. The van der Waals surface area contributed by atoms with Crippen LogP contribution in [0, 0.1) is 28.6 Å². The van der Waals surface area contributed by atoms with E-state index in [0.717, 1.165) is 44.7 Å². The first-order valence-electron chi connectivity index (χ1n) is 22.7. The molecule has 65 heavy (non-hydrogen) atoms. The Morgan fingerprint density at radius 3 is 2.63 bits per heavy atom. The van der Waals surface area contributed by atoms with Gasteiger partial charge in [-0.2, -0.15) is 0 Å². The lowest BCUT2D eigenvalue weighted by atomic mass is 9.84. The fraction of sp³-hybridized carbons (Fsp3) is 0.531. The summed E-state index contributed by atoms with van der Waals surface area (Å²) in [5.41, 5.74) is 8.37. The lowest BCUT2D eigenvalue weighted by Gasteiger charge is -2.36. The molecule has 0 saturated carbocycles. The van der Waals surface area contributed by atoms with Gasteiger partial charge in [0, 0.05) is 85.8 Å². The fourth-order valence-corrected chi connectivity index (χ4v) is 11.0. The van der Waals surface area contributed by atoms with E-state index in [0.29, 0.717) is 56.7 Å². The number of nitrogens with one attached hydrogen (secondary N) is 2. The summed E-state index contributed by atoms with van der Waals surface area (Å²) in [7, 11) is 3.73. The van der Waals surface area contributed by atoms with E-state index in [-0.39, 0.29) is 43.4 Å². The van der Waals surface area contributed by atoms with Crippen molar-refractivity contribution in [1.82, 2.24) is 40.1 Å². The molecule has 16 heteroatoms. The minimum absolute atomic E-state index is 0.0827. The summed E-state index contributed by atoms with van der Waals surface area (Å²) in [6, 6.07) is 7.59. The second kappa shape index (κ2) is 18.3. The molecule has 1 aromatic carbocycles. The van der Waals surface area contributed by atoms with Crippen LogP contribution in [0.3, 0.4) is 0 Å². The summed E-state index contributed by atoms with van der Waals surface area (Å²) in [4.78, 5) is 83.1. The van der Waals surface area contributed by atoms with Crippen LogP contribution in [0.2, 0.25) is 0 Å². The molecule has 0 radical (unpaired) electrons. The average Bonchev–Trinajstić information content (AvgIpc) is 4.08. The van der Waals surface area contributed by atoms with Crippen LogP contribution in [0.5, 0.6) is 0 Å². The van der Waals surface area contributed by atoms with Crippen molar-refractivity contribution in [3.63, 3.8) is 0 Å². The highest BCUT2D eigenvalue weighted by atomic mass is 32.1. The third kappa shape index (κ3) is 8.90. The van der Waals surface area contributed by atoms with Crippen LogP contribution >= 0.6 is 11.3 Å². The predicted octanol–water partition coefficient (Wildman–Crippen LogP) is 5.22. The van der Waals surface area contributed by atoms with E-state index in [2.05, 4.69) is 66.2 Å². The molecule has 0 aliphatic carbocycles. The molecule has 4 aromatic rings. The Labute approximate surface area is 384 Å². The van der Waals surface area contributed by atoms with Crippen molar-refractivity contribution in [2.45, 2.75) is 104 Å². The van der Waals surface area contributed by atoms with E-state index in [4.69, 9.17) is 19.4 Å². The Hall–Kier alpha value is -5.63. The van der Waals surface area contributed by atoms with Gasteiger partial charge < -0.3 is 29.2 Å². The molecule has 5 atom stereocenters. The number of hydrazine groups is 1. The number of fused-ring (bicyclic) bond motifs is 6. The van der Waals surface area contributed by atoms with Crippen LogP contribution < -0.4 is 10.7 Å². The number of aryl methyl sites for hydroxylation is 1. The molecule has 1 unspecified atom stereocenters. The summed E-state index contributed by atoms with van der Waals surface area (Å²) in [5, 5.41) is 8.13. The summed E-state index contributed by atoms with van der Waals surface area (Å²) in [6.07, 6.45) is 4.20. The molecule has 7 heterocycles. The largest absolute Gasteiger partial charge is 0.464 e. The number of pyridine rings is 1. The summed E-state index contributed by atoms with van der Waals surface area (Å²) in [6.45, 7) is 13.0. The zero-order valence-corrected chi connectivity index (χ0v) is 39.5. The minimum Gasteiger partial charge on any atom is -0.464 e. The molecule has 8 rings (SSSR count). The van der Waals surface area contributed by atoms with Gasteiger partial charge in [-0.05, 0) is 87.6 Å². The first kappa shape index (κ1) is 45.9. The quantitative estimate of drug-likeness (QED) is 0.186. The molecule has 4 aliphatic heterocycles. The normalized spacial score (nSPS) is 23.3. The van der Waals surface area contributed by atoms with Crippen molar-refractivity contribution < 1.29 is 33.4 Å². The fourth-order valence-electron chi connectivity index (χ4n) is 10.2. The highest BCUT2D eigenvalue weighted by molar-refractivity contribution is 7.10. The number of nitrogens with zero attached hydrogens (tertiary/aromatic N) is 6. The van der Waals surface area contributed by atoms with Crippen molar-refractivity contribution >= 4 is 51.8 Å². The van der Waals surface area contributed by atoms with Gasteiger partial charge in [-0.3, -0.25) is 34.0 Å². The number of benzene rings is 1. The number of likely N-dealkylation sites (tertiary alicyclic amines) is 2. The SMILES string of the molecule is CC#CC(=O)N1CCC2(CCN([C@H](C(=O)N[C@H]3Cc4nc(cs4)-c4ccc5c(c4)c(c(-c4cccnc4[C@H](C)OC)n5C)CC(C)(C)COC(=O)[C@@H]4CCCN(N4)C3=O)C(C)C)C2=O)C1. The Balaban J connectivity index is 1.15. The molecule has 2 N–H and O–H groups in total. The van der Waals surface area contributed by atoms with E-state index in [1.54, 1.807) is 30.0 Å². The monoisotopic (exact) mass is 904 g/mol. The molecule has 344 valence electrons. The van der Waals surface area contributed by atoms with Crippen molar-refractivity contribution in [2.24, 2.45) is 23.8 Å². The number of hydrogen-bond donors (Lipinski definition) is 2. The second-order valence-corrected chi connectivity index (χ2v) is 20.1. The maximum absolute atomic E-state index is 14.7. The third-order valence-corrected chi connectivity index (χ3v) is 14.5. The Kier molecular flexibility index (Phi) is 13.0. The van der Waals surface area contributed by atoms with Gasteiger partial charge in [0.2, 0.25) is 11.8 Å². The standard InChI is InChI=1S/C49H60N8O7S/c1-9-12-40(58)55-21-17-49(27-55)18-22-56(47(49)62)42(29(2)3)44(59)52-36-24-39-51-37(26-65-39)31-15-16-38-33(23-31)34(43(54(38)7)32-13-10-19-50-41(32)30(4)63-8)25-48(5,6)28-64-46(61)35-14-11-20-57(53-35)45(36)60/h10,13,15-16,19,23,26,29-30,35-36,42,53H,11,14,17-18,20-22,24-25,27-28H2,1-8H3,(H,52,59)/t30-,35-,36-,42-,49?/m0/s1. The van der Waals surface area contributed by atoms with Crippen LogP contribution in [0.4, 0.5) is 0 Å². The minimum atomic E-state index is -1.07. The van der Waals surface area contributed by atoms with E-state index < -0.39 is 46.7 Å². The van der Waals surface area contributed by atoms with Crippen LogP contribution in [0.25, 0.3) is 33.4 Å². The molecular formula is C49H60N8O7S. The number of amides is 4. The van der Waals surface area contributed by atoms with Crippen molar-refractivity contribution in [3.8, 4) is 34.4 Å². The number of hydrogen-bond acceptors (Lipinski definition) is 11. The van der Waals surface area contributed by atoms with E-state index in [1.165, 1.54) is 16.3 Å². The number of esters is 1. The van der Waals surface area contributed by atoms with Gasteiger partial charge in [0.05, 0.1) is 40.2 Å². The van der Waals surface area contributed by atoms with Crippen LogP contribution in [-0.2, 0) is 53.3 Å². The van der Waals surface area contributed by atoms with E-state index in [1.807, 2.05) is 38.3 Å². The molecule has 15 nitrogen and oxygen atoms in total. The van der Waals surface area contributed by atoms with Crippen molar-refractivity contribution in [1.29, 1.82) is 0 Å². The van der Waals surface area contributed by atoms with Gasteiger partial charge in [0.25, 0.3) is 11.8 Å². The number of aromatic nitrogens is 3. The number of thiazole rings is 1. The molecule has 3 aromatic heterocycles. The van der Waals surface area contributed by atoms with Crippen molar-refractivity contribution in [3.05, 3.63) is 58.2 Å². The van der Waals surface area contributed by atoms with Crippen LogP contribution in [0.1, 0.15) is 89.6 Å². The highest BCUT2D eigenvalue weighted by Crippen LogP contribution is 2.43. The maximum atomic E-state index is 14.7. The predicted molar refractivity (Wildman–Crippen MR) is 247 cm³/mol. The van der Waals surface area contributed by atoms with Gasteiger partial charge in [0.1, 0.15) is 18.1 Å². The molecular weight excluding hydrogens is 845 g/mol. The zero-order chi connectivity index (χ0) is 46.4. The molecule has 6 bridgehead atoms. The summed E-state index contributed by atoms with van der Waals surface area (Å²) >= 11 is 1.41.